The van der Waals surface area contributed by atoms with E-state index in [-0.39, 0.29) is 25.7 Å². The van der Waals surface area contributed by atoms with Crippen LogP contribution in [0, 0.1) is 0 Å². The first kappa shape index (κ1) is 98.4. The number of phosphoric acid groups is 2. The van der Waals surface area contributed by atoms with Gasteiger partial charge in [0, 0.05) is 25.7 Å². The Bertz CT molecular complexity index is 2640. The van der Waals surface area contributed by atoms with Crippen molar-refractivity contribution in [3.8, 4) is 0 Å². The van der Waals surface area contributed by atoms with Crippen molar-refractivity contribution in [3.05, 3.63) is 170 Å². The van der Waals surface area contributed by atoms with Crippen LogP contribution in [0.25, 0.3) is 0 Å². The molecule has 104 heavy (non-hydrogen) atoms. The summed E-state index contributed by atoms with van der Waals surface area (Å²) in [6.45, 7) is 4.37. The second-order valence-electron chi connectivity index (χ2n) is 25.5. The standard InChI is InChI=1S/C85H138O17P2/c1-5-9-13-17-21-25-29-33-37-39-43-45-49-53-57-61-65-69-82(87)95-75-80(101-84(89)71-67-63-59-55-51-47-41-35-31-27-23-19-15-11-7-3)77-99-103(91,92)97-73-79(86)74-98-104(93,94)100-78-81(102-85(90)72-68-64-60-56-52-48-42-36-32-28-24-20-16-12-8-4)76-96-83(88)70-66-62-58-54-50-46-44-40-38-34-30-26-22-18-14-10-6-2/h9-11,13-15,21-28,33-38,41-46,51,55,79-81,86H,5-8,12,16-20,29-32,39-40,47-50,52-54,56-78H2,1-4H3,(H,91,92)(H,93,94)/b13-9-,14-10-,15-11-,25-21-,26-22-,27-23-,28-24-,37-33-,38-34-,41-35-,42-36-,45-43-,46-44-,55-51-. The zero-order valence-electron chi connectivity index (χ0n) is 64.4. The first-order valence-electron chi connectivity index (χ1n) is 39.4. The maximum absolute atomic E-state index is 13.1. The van der Waals surface area contributed by atoms with E-state index in [4.69, 9.17) is 37.0 Å². The van der Waals surface area contributed by atoms with Crippen LogP contribution in [-0.2, 0) is 65.4 Å². The van der Waals surface area contributed by atoms with E-state index in [1.807, 2.05) is 0 Å². The molecule has 0 rings (SSSR count). The Morgan fingerprint density at radius 2 is 0.500 bits per heavy atom. The van der Waals surface area contributed by atoms with Crippen LogP contribution in [0.2, 0.25) is 0 Å². The molecule has 0 saturated heterocycles. The highest BCUT2D eigenvalue weighted by Gasteiger charge is 2.30. The minimum Gasteiger partial charge on any atom is -0.462 e. The second kappa shape index (κ2) is 75.6. The van der Waals surface area contributed by atoms with Gasteiger partial charge in [-0.3, -0.25) is 37.3 Å². The minimum atomic E-state index is -5.00. The number of rotatable bonds is 72. The molecule has 0 aromatic heterocycles. The van der Waals surface area contributed by atoms with Crippen LogP contribution in [-0.4, -0.2) is 96.7 Å². The Morgan fingerprint density at radius 1 is 0.279 bits per heavy atom. The van der Waals surface area contributed by atoms with Crippen LogP contribution in [0.5, 0.6) is 0 Å². The molecule has 0 aliphatic rings. The summed E-state index contributed by atoms with van der Waals surface area (Å²) in [6.07, 6.45) is 89.1. The maximum Gasteiger partial charge on any atom is 0.472 e. The van der Waals surface area contributed by atoms with E-state index in [0.717, 1.165) is 180 Å². The van der Waals surface area contributed by atoms with Gasteiger partial charge in [0.2, 0.25) is 0 Å². The number of carbonyl (C=O) groups is 4. The minimum absolute atomic E-state index is 0.0301. The van der Waals surface area contributed by atoms with Gasteiger partial charge in [-0.1, -0.05) is 256 Å². The van der Waals surface area contributed by atoms with Crippen molar-refractivity contribution in [1.82, 2.24) is 0 Å². The normalized spacial score (nSPS) is 14.8. The molecule has 5 unspecified atom stereocenters. The van der Waals surface area contributed by atoms with Gasteiger partial charge in [-0.15, -0.1) is 0 Å². The van der Waals surface area contributed by atoms with Crippen LogP contribution in [0.4, 0.5) is 0 Å². The van der Waals surface area contributed by atoms with Crippen LogP contribution in [0.3, 0.4) is 0 Å². The van der Waals surface area contributed by atoms with E-state index in [2.05, 4.69) is 198 Å². The third-order valence-electron chi connectivity index (χ3n) is 15.7. The van der Waals surface area contributed by atoms with Gasteiger partial charge in [0.25, 0.3) is 0 Å². The number of esters is 4. The molecule has 3 N–H and O–H groups in total. The topological polar surface area (TPSA) is 237 Å². The van der Waals surface area contributed by atoms with Gasteiger partial charge in [0.1, 0.15) is 19.3 Å². The van der Waals surface area contributed by atoms with Gasteiger partial charge in [0.15, 0.2) is 12.2 Å². The monoisotopic (exact) mass is 1490 g/mol. The van der Waals surface area contributed by atoms with Crippen molar-refractivity contribution < 1.29 is 80.2 Å². The summed E-state index contributed by atoms with van der Waals surface area (Å²) >= 11 is 0. The summed E-state index contributed by atoms with van der Waals surface area (Å²) in [7, 11) is -10.0. The molecule has 19 heteroatoms. The van der Waals surface area contributed by atoms with Crippen LogP contribution >= 0.6 is 15.6 Å². The summed E-state index contributed by atoms with van der Waals surface area (Å²) in [5.41, 5.74) is 0. The first-order valence-corrected chi connectivity index (χ1v) is 42.4. The molecule has 0 aliphatic heterocycles. The number of phosphoric ester groups is 2. The Morgan fingerprint density at radius 3 is 0.788 bits per heavy atom. The fourth-order valence-corrected chi connectivity index (χ4v) is 11.3. The number of allylic oxidation sites excluding steroid dienone is 28. The van der Waals surface area contributed by atoms with E-state index in [1.165, 1.54) is 19.3 Å². The maximum atomic E-state index is 13.1. The highest BCUT2D eigenvalue weighted by Crippen LogP contribution is 2.45. The molecule has 0 aliphatic carbocycles. The third kappa shape index (κ3) is 74.7. The largest absolute Gasteiger partial charge is 0.472 e. The van der Waals surface area contributed by atoms with Gasteiger partial charge in [-0.2, -0.15) is 0 Å². The number of ether oxygens (including phenoxy) is 4. The van der Waals surface area contributed by atoms with Crippen molar-refractivity contribution in [2.45, 2.75) is 303 Å². The Balaban J connectivity index is 5.47. The predicted octanol–water partition coefficient (Wildman–Crippen LogP) is 23.0. The van der Waals surface area contributed by atoms with Crippen LogP contribution in [0.1, 0.15) is 285 Å². The molecule has 0 amide bonds. The molecule has 0 aromatic carbocycles. The third-order valence-corrected chi connectivity index (χ3v) is 17.6. The van der Waals surface area contributed by atoms with Crippen LogP contribution < -0.4 is 0 Å². The highest BCUT2D eigenvalue weighted by molar-refractivity contribution is 7.47. The van der Waals surface area contributed by atoms with Gasteiger partial charge in [-0.25, -0.2) is 9.13 Å². The summed E-state index contributed by atoms with van der Waals surface area (Å²) in [5.74, 6) is -2.31. The summed E-state index contributed by atoms with van der Waals surface area (Å²) in [5, 5.41) is 10.6. The number of hydrogen-bond donors (Lipinski definition) is 3. The summed E-state index contributed by atoms with van der Waals surface area (Å²) in [4.78, 5) is 73.0. The van der Waals surface area contributed by atoms with Gasteiger partial charge in [0.05, 0.1) is 26.4 Å². The zero-order chi connectivity index (χ0) is 76.0. The zero-order valence-corrected chi connectivity index (χ0v) is 66.2. The molecular formula is C85H138O17P2. The lowest BCUT2D eigenvalue weighted by atomic mass is 10.1. The van der Waals surface area contributed by atoms with E-state index in [0.29, 0.717) is 32.1 Å². The number of unbranched alkanes of at least 4 members (excludes halogenated alkanes) is 18. The number of hydrogen-bond acceptors (Lipinski definition) is 15. The first-order chi connectivity index (χ1) is 50.7. The van der Waals surface area contributed by atoms with Crippen molar-refractivity contribution >= 4 is 39.5 Å². The molecule has 0 bridgehead atoms. The van der Waals surface area contributed by atoms with Crippen molar-refractivity contribution in [3.63, 3.8) is 0 Å². The van der Waals surface area contributed by atoms with Crippen molar-refractivity contribution in [2.75, 3.05) is 39.6 Å². The summed E-state index contributed by atoms with van der Waals surface area (Å²) < 4.78 is 68.5. The molecule has 0 aromatic rings. The second-order valence-corrected chi connectivity index (χ2v) is 28.4. The van der Waals surface area contributed by atoms with Crippen LogP contribution in [0.15, 0.2) is 170 Å². The van der Waals surface area contributed by atoms with E-state index in [9.17, 15) is 43.2 Å². The molecule has 17 nitrogen and oxygen atoms in total. The average molecular weight is 1490 g/mol. The fourth-order valence-electron chi connectivity index (χ4n) is 9.75. The molecule has 0 fully saturated rings. The predicted molar refractivity (Wildman–Crippen MR) is 426 cm³/mol. The van der Waals surface area contributed by atoms with E-state index < -0.39 is 97.5 Å². The lowest BCUT2D eigenvalue weighted by Crippen LogP contribution is -2.30. The SMILES string of the molecule is CC/C=C\C/C=C\C/C=C\C/C=C\CCCCCCC(=O)OCC(COP(=O)(O)OCC(O)COP(=O)(O)OCC(COC(=O)CCCCCC/C=C\C/C=C\C/C=C\C/C=C\CC)OC(=O)CCCCCCC/C=C\C/C=C\CCCCC)OC(=O)CCCC/C=C\C/C=C\C/C=C\C/C=C\CC. The smallest absolute Gasteiger partial charge is 0.462 e. The molecular weight excluding hydrogens is 1350 g/mol. The van der Waals surface area contributed by atoms with Crippen molar-refractivity contribution in [2.24, 2.45) is 0 Å². The Labute approximate surface area is 629 Å². The highest BCUT2D eigenvalue weighted by atomic mass is 31.2. The van der Waals surface area contributed by atoms with E-state index in [1.54, 1.807) is 0 Å². The molecule has 0 saturated carbocycles. The van der Waals surface area contributed by atoms with Gasteiger partial charge < -0.3 is 33.8 Å². The number of aliphatic hydroxyl groups is 1. The Hall–Kier alpha value is -5.58. The quantitative estimate of drug-likeness (QED) is 0.0169. The fraction of sp³-hybridized carbons (Fsp3) is 0.624. The average Bonchev–Trinajstić information content (AvgIpc) is 0.937. The molecule has 5 atom stereocenters. The number of aliphatic hydroxyl groups excluding tert-OH is 1. The molecule has 590 valence electrons. The van der Waals surface area contributed by atoms with Gasteiger partial charge in [-0.05, 0) is 173 Å². The Kier molecular flexibility index (Phi) is 71.6. The lowest BCUT2D eigenvalue weighted by Gasteiger charge is -2.21. The molecule has 0 spiro atoms. The van der Waals surface area contributed by atoms with E-state index >= 15 is 0 Å². The summed E-state index contributed by atoms with van der Waals surface area (Å²) in [6, 6.07) is 0. The number of carbonyl (C=O) groups excluding carboxylic acids is 4. The van der Waals surface area contributed by atoms with Gasteiger partial charge >= 0.3 is 39.5 Å². The van der Waals surface area contributed by atoms with Crippen molar-refractivity contribution in [1.29, 1.82) is 0 Å². The molecule has 0 radical (unpaired) electrons. The lowest BCUT2D eigenvalue weighted by molar-refractivity contribution is -0.161. The molecule has 0 heterocycles.